The Morgan fingerprint density at radius 1 is 1.05 bits per heavy atom. The van der Waals surface area contributed by atoms with E-state index in [4.69, 9.17) is 5.73 Å². The van der Waals surface area contributed by atoms with Crippen molar-refractivity contribution in [2.24, 2.45) is 11.7 Å². The number of hydrogen-bond acceptors (Lipinski definition) is 7. The Labute approximate surface area is 235 Å². The zero-order chi connectivity index (χ0) is 28.7. The fourth-order valence-corrected chi connectivity index (χ4v) is 8.04. The Morgan fingerprint density at radius 3 is 2.33 bits per heavy atom. The van der Waals surface area contributed by atoms with Crippen molar-refractivity contribution in [3.8, 4) is 0 Å². The van der Waals surface area contributed by atoms with Crippen LogP contribution in [0.15, 0.2) is 32.7 Å². The quantitative estimate of drug-likeness (QED) is 0.435. The van der Waals surface area contributed by atoms with Crippen molar-refractivity contribution in [3.63, 3.8) is 0 Å². The molecule has 3 fully saturated rings. The molecule has 2 heterocycles. The van der Waals surface area contributed by atoms with E-state index in [1.165, 1.54) is 53.0 Å². The maximum Gasteiger partial charge on any atom is 0.331 e. The highest BCUT2D eigenvalue weighted by Gasteiger charge is 2.45. The molecule has 0 radical (unpaired) electrons. The highest BCUT2D eigenvalue weighted by molar-refractivity contribution is 7.89. The molecule has 2 aliphatic carbocycles. The van der Waals surface area contributed by atoms with Gasteiger partial charge in [-0.25, -0.2) is 28.4 Å². The smallest absolute Gasteiger partial charge is 0.331 e. The van der Waals surface area contributed by atoms with Gasteiger partial charge in [0.15, 0.2) is 0 Å². The fraction of sp³-hybridized carbons (Fsp3) is 0.679. The van der Waals surface area contributed by atoms with Gasteiger partial charge < -0.3 is 5.73 Å². The van der Waals surface area contributed by atoms with Gasteiger partial charge >= 0.3 is 5.69 Å². The van der Waals surface area contributed by atoms with Crippen LogP contribution < -0.4 is 27.1 Å². The average Bonchev–Trinajstić information content (AvgIpc) is 3.48. The third kappa shape index (κ3) is 5.90. The molecule has 1 aromatic carbocycles. The number of primary amides is 1. The molecule has 2 aromatic rings. The minimum Gasteiger partial charge on any atom is -0.370 e. The monoisotopic (exact) mass is 574 g/mol. The fourth-order valence-electron chi connectivity index (χ4n) is 6.55. The van der Waals surface area contributed by atoms with Crippen LogP contribution in [0.5, 0.6) is 0 Å². The van der Waals surface area contributed by atoms with Crippen LogP contribution in [0.2, 0.25) is 0 Å². The molecule has 4 N–H and O–H groups in total. The minimum absolute atomic E-state index is 0.00132. The van der Waals surface area contributed by atoms with Gasteiger partial charge in [-0.3, -0.25) is 18.7 Å². The van der Waals surface area contributed by atoms with E-state index < -0.39 is 32.7 Å². The molecule has 3 aliphatic rings. The SMILES string of the molecule is CN1CC(Cn2c(=O)c3cc(S(=O)(=O)NC4(C)CC4)ccc3n(CCC(N)=O)c2=O)C2(CCCCCCCC2)N1. The third-order valence-corrected chi connectivity index (χ3v) is 10.7. The number of sulfonamides is 1. The summed E-state index contributed by atoms with van der Waals surface area (Å²) < 4.78 is 31.6. The molecule has 11 nitrogen and oxygen atoms in total. The molecule has 1 saturated heterocycles. The van der Waals surface area contributed by atoms with Crippen LogP contribution in [-0.2, 0) is 27.9 Å². The van der Waals surface area contributed by atoms with E-state index in [0.29, 0.717) is 12.1 Å². The number of hydrogen-bond donors (Lipinski definition) is 3. The Morgan fingerprint density at radius 2 is 1.70 bits per heavy atom. The van der Waals surface area contributed by atoms with Gasteiger partial charge in [0.25, 0.3) is 5.56 Å². The lowest BCUT2D eigenvalue weighted by Crippen LogP contribution is -2.51. The molecule has 1 aromatic heterocycles. The van der Waals surface area contributed by atoms with E-state index in [9.17, 15) is 22.8 Å². The standard InChI is InChI=1S/C28H42N6O5S/c1-27(14-15-27)31-40(38,39)21-9-10-23-22(17-21)25(36)34(26(37)33(23)16-11-24(29)35)19-20-18-32(2)30-28(20)12-7-5-3-4-6-8-13-28/h9-10,17,20,30-31H,3-8,11-16,18-19H2,1-2H3,(H2,29,35). The molecule has 0 bridgehead atoms. The van der Waals surface area contributed by atoms with Gasteiger partial charge in [-0.15, -0.1) is 0 Å². The van der Waals surface area contributed by atoms with Crippen LogP contribution in [0.1, 0.15) is 77.6 Å². The number of nitrogens with zero attached hydrogens (tertiary/aromatic N) is 3. The average molecular weight is 575 g/mol. The Balaban J connectivity index is 1.59. The number of carbonyl (C=O) groups is 1. The number of carbonyl (C=O) groups excluding carboxylic acids is 1. The predicted molar refractivity (Wildman–Crippen MR) is 153 cm³/mol. The molecule has 12 heteroatoms. The first-order valence-corrected chi connectivity index (χ1v) is 16.0. The summed E-state index contributed by atoms with van der Waals surface area (Å²) in [7, 11) is -1.87. The van der Waals surface area contributed by atoms with Crippen molar-refractivity contribution < 1.29 is 13.2 Å². The van der Waals surface area contributed by atoms with Crippen molar-refractivity contribution in [1.29, 1.82) is 0 Å². The second kappa shape index (κ2) is 11.0. The number of fused-ring (bicyclic) bond motifs is 1. The Bertz CT molecular complexity index is 1500. The number of amides is 1. The largest absolute Gasteiger partial charge is 0.370 e. The summed E-state index contributed by atoms with van der Waals surface area (Å²) in [4.78, 5) is 39.4. The first-order valence-electron chi connectivity index (χ1n) is 14.5. The van der Waals surface area contributed by atoms with Crippen LogP contribution in [0.25, 0.3) is 10.9 Å². The van der Waals surface area contributed by atoms with E-state index in [2.05, 4.69) is 15.2 Å². The van der Waals surface area contributed by atoms with Gasteiger partial charge in [-0.2, -0.15) is 0 Å². The minimum atomic E-state index is -3.86. The maximum atomic E-state index is 13.9. The normalized spacial score (nSPS) is 23.1. The van der Waals surface area contributed by atoms with Crippen molar-refractivity contribution in [2.75, 3.05) is 13.6 Å². The lowest BCUT2D eigenvalue weighted by molar-refractivity contribution is -0.118. The van der Waals surface area contributed by atoms with E-state index in [0.717, 1.165) is 38.5 Å². The molecule has 5 rings (SSSR count). The molecule has 40 heavy (non-hydrogen) atoms. The van der Waals surface area contributed by atoms with Gasteiger partial charge in [0, 0.05) is 50.1 Å². The zero-order valence-electron chi connectivity index (χ0n) is 23.6. The second-order valence-corrected chi connectivity index (χ2v) is 14.1. The first-order chi connectivity index (χ1) is 18.9. The number of nitrogens with two attached hydrogens (primary N) is 1. The van der Waals surface area contributed by atoms with Crippen molar-refractivity contribution >= 4 is 26.8 Å². The Hall–Kier alpha value is -2.54. The Kier molecular flexibility index (Phi) is 7.99. The molecular formula is C28H42N6O5S. The number of nitrogens with one attached hydrogen (secondary N) is 2. The van der Waals surface area contributed by atoms with Gasteiger partial charge in [0.1, 0.15) is 0 Å². The van der Waals surface area contributed by atoms with Gasteiger partial charge in [0.2, 0.25) is 15.9 Å². The second-order valence-electron chi connectivity index (χ2n) is 12.4. The lowest BCUT2D eigenvalue weighted by Gasteiger charge is -2.35. The van der Waals surface area contributed by atoms with E-state index >= 15 is 0 Å². The molecule has 1 atom stereocenters. The van der Waals surface area contributed by atoms with Crippen LogP contribution >= 0.6 is 0 Å². The summed E-state index contributed by atoms with van der Waals surface area (Å²) >= 11 is 0. The van der Waals surface area contributed by atoms with Gasteiger partial charge in [-0.05, 0) is 50.8 Å². The molecule has 1 amide bonds. The first kappa shape index (κ1) is 29.0. The summed E-state index contributed by atoms with van der Waals surface area (Å²) in [6, 6.07) is 4.25. The van der Waals surface area contributed by atoms with Crippen molar-refractivity contribution in [1.82, 2.24) is 24.3 Å². The number of rotatable bonds is 8. The molecule has 2 saturated carbocycles. The molecular weight excluding hydrogens is 532 g/mol. The lowest BCUT2D eigenvalue weighted by atomic mass is 9.78. The van der Waals surface area contributed by atoms with Crippen molar-refractivity contribution in [3.05, 3.63) is 39.0 Å². The number of hydrazine groups is 1. The molecule has 1 unspecified atom stereocenters. The summed E-state index contributed by atoms with van der Waals surface area (Å²) in [5, 5.41) is 2.20. The van der Waals surface area contributed by atoms with Gasteiger partial charge in [-0.1, -0.05) is 38.5 Å². The summed E-state index contributed by atoms with van der Waals surface area (Å²) in [6.45, 7) is 2.73. The van der Waals surface area contributed by atoms with E-state index in [1.54, 1.807) is 0 Å². The number of aryl methyl sites for hydroxylation is 1. The predicted octanol–water partition coefficient (Wildman–Crippen LogP) is 1.81. The van der Waals surface area contributed by atoms with Crippen molar-refractivity contribution in [2.45, 2.75) is 107 Å². The summed E-state index contributed by atoms with van der Waals surface area (Å²) in [6.07, 6.45) is 10.3. The molecule has 1 aliphatic heterocycles. The van der Waals surface area contributed by atoms with E-state index in [-0.39, 0.29) is 41.2 Å². The maximum absolute atomic E-state index is 13.9. The third-order valence-electron chi connectivity index (χ3n) is 9.06. The topological polar surface area (TPSA) is 149 Å². The van der Waals surface area contributed by atoms with Crippen LogP contribution in [0.3, 0.4) is 0 Å². The van der Waals surface area contributed by atoms with E-state index in [1.807, 2.05) is 14.0 Å². The highest BCUT2D eigenvalue weighted by atomic mass is 32.2. The highest BCUT2D eigenvalue weighted by Crippen LogP contribution is 2.38. The number of aromatic nitrogens is 2. The van der Waals surface area contributed by atoms with Crippen LogP contribution in [0, 0.1) is 5.92 Å². The molecule has 1 spiro atoms. The van der Waals surface area contributed by atoms with Crippen LogP contribution in [0.4, 0.5) is 0 Å². The van der Waals surface area contributed by atoms with Crippen LogP contribution in [-0.4, -0.2) is 53.1 Å². The number of benzene rings is 1. The molecule has 220 valence electrons. The van der Waals surface area contributed by atoms with Gasteiger partial charge in [0.05, 0.1) is 15.8 Å². The zero-order valence-corrected chi connectivity index (χ0v) is 24.4. The summed E-state index contributed by atoms with van der Waals surface area (Å²) in [5.41, 5.74) is 7.67. The summed E-state index contributed by atoms with van der Waals surface area (Å²) in [5.74, 6) is -0.559.